The van der Waals surface area contributed by atoms with Crippen LogP contribution in [0.25, 0.3) is 5.69 Å². The Bertz CT molecular complexity index is 598. The van der Waals surface area contributed by atoms with Gasteiger partial charge in [0.15, 0.2) is 6.29 Å². The molecule has 0 unspecified atom stereocenters. The summed E-state index contributed by atoms with van der Waals surface area (Å²) >= 11 is 0. The van der Waals surface area contributed by atoms with E-state index in [0.717, 1.165) is 30.5 Å². The molecule has 0 spiro atoms. The van der Waals surface area contributed by atoms with E-state index < -0.39 is 0 Å². The molecule has 1 aliphatic carbocycles. The molecule has 0 radical (unpaired) electrons. The Morgan fingerprint density at radius 3 is 2.50 bits per heavy atom. The van der Waals surface area contributed by atoms with Crippen LogP contribution < -0.4 is 0 Å². The van der Waals surface area contributed by atoms with Crippen molar-refractivity contribution in [2.24, 2.45) is 0 Å². The van der Waals surface area contributed by atoms with E-state index in [1.165, 1.54) is 19.3 Å². The zero-order chi connectivity index (χ0) is 13.9. The molecule has 1 N–H and O–H groups in total. The third kappa shape index (κ3) is 2.31. The van der Waals surface area contributed by atoms with Crippen LogP contribution in [0, 0.1) is 0 Å². The summed E-state index contributed by atoms with van der Waals surface area (Å²) in [6.07, 6.45) is 6.56. The van der Waals surface area contributed by atoms with Crippen molar-refractivity contribution in [2.75, 3.05) is 0 Å². The van der Waals surface area contributed by atoms with Gasteiger partial charge >= 0.3 is 0 Å². The molecule has 1 saturated carbocycles. The quantitative estimate of drug-likeness (QED) is 0.872. The highest BCUT2D eigenvalue weighted by atomic mass is 16.3. The molecule has 1 aromatic heterocycles. The molecule has 0 saturated heterocycles. The molecule has 20 heavy (non-hydrogen) atoms. The van der Waals surface area contributed by atoms with Gasteiger partial charge in [0.25, 0.3) is 0 Å². The van der Waals surface area contributed by atoms with E-state index in [-0.39, 0.29) is 5.75 Å². The summed E-state index contributed by atoms with van der Waals surface area (Å²) in [4.78, 5) is 11.2. The molecule has 1 heterocycles. The van der Waals surface area contributed by atoms with Crippen molar-refractivity contribution >= 4 is 6.29 Å². The Morgan fingerprint density at radius 1 is 1.15 bits per heavy atom. The fraction of sp³-hybridized carbons (Fsp3) is 0.400. The second-order valence-corrected chi connectivity index (χ2v) is 5.24. The van der Waals surface area contributed by atoms with E-state index in [1.807, 2.05) is 0 Å². The first kappa shape index (κ1) is 12.8. The second-order valence-electron chi connectivity index (χ2n) is 5.24. The minimum Gasteiger partial charge on any atom is -0.508 e. The minimum absolute atomic E-state index is 0.212. The summed E-state index contributed by atoms with van der Waals surface area (Å²) < 4.78 is 1.74. The fourth-order valence-corrected chi connectivity index (χ4v) is 2.93. The smallest absolute Gasteiger partial charge is 0.172 e. The lowest BCUT2D eigenvalue weighted by molar-refractivity contribution is 0.111. The highest BCUT2D eigenvalue weighted by Crippen LogP contribution is 2.34. The molecule has 3 rings (SSSR count). The van der Waals surface area contributed by atoms with Crippen molar-refractivity contribution in [2.45, 2.75) is 38.0 Å². The molecule has 1 aromatic carbocycles. The largest absolute Gasteiger partial charge is 0.508 e. The number of carbonyl (C=O) groups excluding carboxylic acids is 1. The normalized spacial score (nSPS) is 16.2. The van der Waals surface area contributed by atoms with Crippen LogP contribution >= 0.6 is 0 Å². The number of nitrogens with zero attached hydrogens (tertiary/aromatic N) is 3. The van der Waals surface area contributed by atoms with Crippen molar-refractivity contribution in [3.8, 4) is 11.4 Å². The van der Waals surface area contributed by atoms with Gasteiger partial charge in [-0.3, -0.25) is 4.79 Å². The van der Waals surface area contributed by atoms with E-state index in [1.54, 1.807) is 28.9 Å². The van der Waals surface area contributed by atoms with Gasteiger partial charge < -0.3 is 5.11 Å². The highest BCUT2D eigenvalue weighted by Gasteiger charge is 2.24. The van der Waals surface area contributed by atoms with Crippen LogP contribution in [0.3, 0.4) is 0 Å². The van der Waals surface area contributed by atoms with Gasteiger partial charge in [-0.1, -0.05) is 24.5 Å². The number of aldehydes is 1. The third-order valence-corrected chi connectivity index (χ3v) is 3.93. The molecule has 0 atom stereocenters. The number of aromatic nitrogens is 3. The minimum atomic E-state index is 0.212. The van der Waals surface area contributed by atoms with Gasteiger partial charge in [0.2, 0.25) is 0 Å². The van der Waals surface area contributed by atoms with E-state index in [4.69, 9.17) is 0 Å². The molecule has 5 heteroatoms. The number of rotatable bonds is 3. The van der Waals surface area contributed by atoms with Crippen molar-refractivity contribution < 1.29 is 9.90 Å². The Balaban J connectivity index is 2.04. The van der Waals surface area contributed by atoms with Crippen molar-refractivity contribution in [1.29, 1.82) is 0 Å². The highest BCUT2D eigenvalue weighted by molar-refractivity contribution is 5.74. The van der Waals surface area contributed by atoms with Crippen molar-refractivity contribution in [3.63, 3.8) is 0 Å². The SMILES string of the molecule is O=Cc1nnn(-c2ccc(O)cc2)c1C1CCCCC1. The Kier molecular flexibility index (Phi) is 3.50. The van der Waals surface area contributed by atoms with Gasteiger partial charge in [-0.25, -0.2) is 4.68 Å². The van der Waals surface area contributed by atoms with Gasteiger partial charge in [0.1, 0.15) is 11.4 Å². The van der Waals surface area contributed by atoms with E-state index in [0.29, 0.717) is 11.6 Å². The van der Waals surface area contributed by atoms with Crippen LogP contribution in [0.1, 0.15) is 54.2 Å². The summed E-state index contributed by atoms with van der Waals surface area (Å²) in [5.74, 6) is 0.552. The van der Waals surface area contributed by atoms with Crippen molar-refractivity contribution in [1.82, 2.24) is 15.0 Å². The molecular formula is C15H17N3O2. The monoisotopic (exact) mass is 271 g/mol. The average Bonchev–Trinajstić information content (AvgIpc) is 2.93. The number of phenols is 1. The number of aromatic hydroxyl groups is 1. The first-order valence-corrected chi connectivity index (χ1v) is 7.00. The van der Waals surface area contributed by atoms with Crippen LogP contribution in [-0.4, -0.2) is 26.4 Å². The Hall–Kier alpha value is -2.17. The number of benzene rings is 1. The molecule has 0 bridgehead atoms. The molecule has 0 amide bonds. The fourth-order valence-electron chi connectivity index (χ4n) is 2.93. The van der Waals surface area contributed by atoms with Crippen molar-refractivity contribution in [3.05, 3.63) is 35.7 Å². The second kappa shape index (κ2) is 5.45. The zero-order valence-corrected chi connectivity index (χ0v) is 11.2. The maximum atomic E-state index is 11.2. The summed E-state index contributed by atoms with van der Waals surface area (Å²) in [6, 6.07) is 6.79. The van der Waals surface area contributed by atoms with Gasteiger partial charge in [0.05, 0.1) is 11.4 Å². The molecule has 2 aromatic rings. The maximum absolute atomic E-state index is 11.2. The summed E-state index contributed by atoms with van der Waals surface area (Å²) in [5.41, 5.74) is 2.17. The number of hydrogen-bond acceptors (Lipinski definition) is 4. The predicted molar refractivity (Wildman–Crippen MR) is 74.2 cm³/mol. The zero-order valence-electron chi connectivity index (χ0n) is 11.2. The van der Waals surface area contributed by atoms with Gasteiger partial charge in [0, 0.05) is 5.92 Å². The van der Waals surface area contributed by atoms with Gasteiger partial charge in [-0.05, 0) is 37.1 Å². The Morgan fingerprint density at radius 2 is 1.85 bits per heavy atom. The molecular weight excluding hydrogens is 254 g/mol. The first-order valence-electron chi connectivity index (χ1n) is 7.00. The molecule has 104 valence electrons. The van der Waals surface area contributed by atoms with Crippen LogP contribution in [-0.2, 0) is 0 Å². The third-order valence-electron chi connectivity index (χ3n) is 3.93. The standard InChI is InChI=1S/C15H17N3O2/c19-10-14-15(11-4-2-1-3-5-11)18(17-16-14)12-6-8-13(20)9-7-12/h6-11,20H,1-5H2. The van der Waals surface area contributed by atoms with Crippen LogP contribution in [0.15, 0.2) is 24.3 Å². The lowest BCUT2D eigenvalue weighted by Gasteiger charge is -2.22. The van der Waals surface area contributed by atoms with Crippen LogP contribution in [0.4, 0.5) is 0 Å². The maximum Gasteiger partial charge on any atom is 0.172 e. The van der Waals surface area contributed by atoms with Gasteiger partial charge in [-0.2, -0.15) is 0 Å². The van der Waals surface area contributed by atoms with E-state index >= 15 is 0 Å². The van der Waals surface area contributed by atoms with Crippen LogP contribution in [0.2, 0.25) is 0 Å². The van der Waals surface area contributed by atoms with Crippen LogP contribution in [0.5, 0.6) is 5.75 Å². The number of phenolic OH excluding ortho intramolecular Hbond substituents is 1. The Labute approximate surface area is 117 Å². The molecule has 0 aliphatic heterocycles. The molecule has 5 nitrogen and oxygen atoms in total. The summed E-state index contributed by atoms with van der Waals surface area (Å²) in [7, 11) is 0. The summed E-state index contributed by atoms with van der Waals surface area (Å²) in [6.45, 7) is 0. The van der Waals surface area contributed by atoms with E-state index in [9.17, 15) is 9.90 Å². The first-order chi connectivity index (χ1) is 9.79. The average molecular weight is 271 g/mol. The lowest BCUT2D eigenvalue weighted by Crippen LogP contribution is -2.12. The number of hydrogen-bond donors (Lipinski definition) is 1. The molecule has 1 fully saturated rings. The van der Waals surface area contributed by atoms with Gasteiger partial charge in [-0.15, -0.1) is 5.10 Å². The predicted octanol–water partition coefficient (Wildman–Crippen LogP) is 2.83. The topological polar surface area (TPSA) is 68.0 Å². The lowest BCUT2D eigenvalue weighted by atomic mass is 9.86. The number of carbonyl (C=O) groups is 1. The molecule has 1 aliphatic rings. The van der Waals surface area contributed by atoms with E-state index in [2.05, 4.69) is 10.3 Å². The summed E-state index contributed by atoms with van der Waals surface area (Å²) in [5, 5.41) is 17.5.